The first-order valence-electron chi connectivity index (χ1n) is 9.10. The number of thioether (sulfide) groups is 1. The number of aromatic amines is 2. The summed E-state index contributed by atoms with van der Waals surface area (Å²) in [5, 5.41) is 0.451. The molecule has 0 atom stereocenters. The van der Waals surface area contributed by atoms with Gasteiger partial charge in [-0.3, -0.25) is 9.59 Å². The number of halogens is 1. The second-order valence-corrected chi connectivity index (χ2v) is 8.88. The van der Waals surface area contributed by atoms with E-state index in [1.807, 2.05) is 48.5 Å². The summed E-state index contributed by atoms with van der Waals surface area (Å²) in [7, 11) is 4.11. The fraction of sp³-hybridized carbons (Fsp3) is 0.182. The van der Waals surface area contributed by atoms with Crippen LogP contribution in [0.5, 0.6) is 0 Å². The van der Waals surface area contributed by atoms with Crippen LogP contribution in [0.15, 0.2) is 67.5 Å². The highest BCUT2D eigenvalue weighted by Gasteiger charge is 1.99. The number of nitrogens with one attached hydrogen (secondary N) is 2. The molecule has 0 radical (unpaired) electrons. The quantitative estimate of drug-likeness (QED) is 0.540. The maximum atomic E-state index is 12.4. The van der Waals surface area contributed by atoms with Crippen molar-refractivity contribution in [3.05, 3.63) is 95.5 Å². The lowest BCUT2D eigenvalue weighted by atomic mass is 10.2. The summed E-state index contributed by atoms with van der Waals surface area (Å²) in [6.45, 7) is 1.01. The van der Waals surface area contributed by atoms with Gasteiger partial charge in [-0.25, -0.2) is 0 Å². The maximum Gasteiger partial charge on any atom is 0.272 e. The zero-order chi connectivity index (χ0) is 20.8. The molecule has 1 aromatic heterocycles. The Labute approximate surface area is 181 Å². The lowest BCUT2D eigenvalue weighted by molar-refractivity contribution is 0.437. The van der Waals surface area contributed by atoms with E-state index < -0.39 is 0 Å². The molecule has 2 N–H and O–H groups in total. The number of H-pyrrole nitrogens is 2. The molecule has 3 rings (SSSR count). The van der Waals surface area contributed by atoms with E-state index >= 15 is 0 Å². The molecule has 0 aliphatic heterocycles. The fourth-order valence-corrected chi connectivity index (χ4v) is 4.07. The highest BCUT2D eigenvalue weighted by atomic mass is 79.9. The fourth-order valence-electron chi connectivity index (χ4n) is 2.63. The van der Waals surface area contributed by atoms with E-state index in [4.69, 9.17) is 0 Å². The minimum atomic E-state index is -0.341. The van der Waals surface area contributed by atoms with Crippen molar-refractivity contribution < 1.29 is 0 Å². The van der Waals surface area contributed by atoms with Gasteiger partial charge in [0.25, 0.3) is 11.1 Å². The molecule has 0 bridgehead atoms. The third-order valence-electron chi connectivity index (χ3n) is 4.14. The molecular weight excluding hydrogens is 450 g/mol. The molecule has 0 aliphatic carbocycles. The van der Waals surface area contributed by atoms with Crippen LogP contribution in [0.4, 0.5) is 0 Å². The van der Waals surface area contributed by atoms with Crippen LogP contribution in [0.25, 0.3) is 12.2 Å². The molecule has 0 unspecified atom stereocenters. The van der Waals surface area contributed by atoms with Gasteiger partial charge in [-0.1, -0.05) is 40.2 Å². The van der Waals surface area contributed by atoms with Gasteiger partial charge in [0.1, 0.15) is 10.7 Å². The standard InChI is InChI=1S/C22H22BrN3O2S/c1-26(2)10-11-29-18-8-6-15(7-9-18)13-19-21(27)25-20(22(28)24-19)14-16-4-3-5-17(23)12-16/h3-9,12-14H,10-11H2,1-2H3,(H,24,28)(H,25,27). The smallest absolute Gasteiger partial charge is 0.272 e. The number of nitrogens with zero attached hydrogens (tertiary/aromatic N) is 1. The topological polar surface area (TPSA) is 69.0 Å². The Bertz CT molecular complexity index is 1210. The second kappa shape index (κ2) is 9.91. The van der Waals surface area contributed by atoms with Gasteiger partial charge in [-0.2, -0.15) is 0 Å². The average Bonchev–Trinajstić information content (AvgIpc) is 2.67. The number of hydrogen-bond donors (Lipinski definition) is 2. The lowest BCUT2D eigenvalue weighted by Crippen LogP contribution is -2.46. The van der Waals surface area contributed by atoms with E-state index in [1.165, 1.54) is 4.90 Å². The van der Waals surface area contributed by atoms with Crippen LogP contribution >= 0.6 is 27.7 Å². The van der Waals surface area contributed by atoms with Crippen LogP contribution in [-0.4, -0.2) is 41.3 Å². The molecule has 0 saturated carbocycles. The van der Waals surface area contributed by atoms with Crippen LogP contribution < -0.4 is 21.8 Å². The van der Waals surface area contributed by atoms with E-state index in [9.17, 15) is 9.59 Å². The molecule has 29 heavy (non-hydrogen) atoms. The summed E-state index contributed by atoms with van der Waals surface area (Å²) in [5.74, 6) is 1.01. The first-order valence-corrected chi connectivity index (χ1v) is 10.9. The Balaban J connectivity index is 1.86. The first-order chi connectivity index (χ1) is 13.9. The van der Waals surface area contributed by atoms with Crippen molar-refractivity contribution in [1.82, 2.24) is 14.9 Å². The minimum absolute atomic E-state index is 0.220. The summed E-state index contributed by atoms with van der Waals surface area (Å²) in [6, 6.07) is 15.4. The molecule has 0 aliphatic rings. The Morgan fingerprint density at radius 1 is 0.931 bits per heavy atom. The first kappa shape index (κ1) is 21.4. The zero-order valence-corrected chi connectivity index (χ0v) is 18.6. The van der Waals surface area contributed by atoms with Crippen molar-refractivity contribution in [1.29, 1.82) is 0 Å². The number of benzene rings is 2. The highest BCUT2D eigenvalue weighted by Crippen LogP contribution is 2.18. The van der Waals surface area contributed by atoms with E-state index in [-0.39, 0.29) is 21.8 Å². The van der Waals surface area contributed by atoms with Crippen LogP contribution in [0.2, 0.25) is 0 Å². The van der Waals surface area contributed by atoms with Crippen LogP contribution in [0.1, 0.15) is 11.1 Å². The highest BCUT2D eigenvalue weighted by molar-refractivity contribution is 9.10. The van der Waals surface area contributed by atoms with Gasteiger partial charge < -0.3 is 14.9 Å². The van der Waals surface area contributed by atoms with Gasteiger partial charge in [0.05, 0.1) is 0 Å². The lowest BCUT2D eigenvalue weighted by Gasteiger charge is -2.08. The molecule has 150 valence electrons. The molecule has 2 aromatic carbocycles. The molecule has 1 heterocycles. The summed E-state index contributed by atoms with van der Waals surface area (Å²) in [4.78, 5) is 33.5. The molecule has 0 saturated heterocycles. The van der Waals surface area contributed by atoms with Gasteiger partial charge in [0.15, 0.2) is 0 Å². The number of hydrogen-bond acceptors (Lipinski definition) is 4. The minimum Gasteiger partial charge on any atom is -0.316 e. The number of rotatable bonds is 6. The van der Waals surface area contributed by atoms with Crippen LogP contribution in [0.3, 0.4) is 0 Å². The summed E-state index contributed by atoms with van der Waals surface area (Å²) >= 11 is 5.18. The predicted octanol–water partition coefficient (Wildman–Crippen LogP) is 2.14. The van der Waals surface area contributed by atoms with E-state index in [1.54, 1.807) is 23.9 Å². The van der Waals surface area contributed by atoms with E-state index in [2.05, 4.69) is 44.9 Å². The van der Waals surface area contributed by atoms with Crippen molar-refractivity contribution in [3.63, 3.8) is 0 Å². The largest absolute Gasteiger partial charge is 0.316 e. The third kappa shape index (κ3) is 6.32. The average molecular weight is 472 g/mol. The number of aromatic nitrogens is 2. The van der Waals surface area contributed by atoms with E-state index in [0.717, 1.165) is 27.9 Å². The molecule has 7 heteroatoms. The molecule has 0 fully saturated rings. The summed E-state index contributed by atoms with van der Waals surface area (Å²) < 4.78 is 0.901. The van der Waals surface area contributed by atoms with Crippen molar-refractivity contribution in [2.24, 2.45) is 0 Å². The monoisotopic (exact) mass is 471 g/mol. The van der Waals surface area contributed by atoms with Crippen molar-refractivity contribution >= 4 is 39.8 Å². The van der Waals surface area contributed by atoms with Crippen molar-refractivity contribution in [2.45, 2.75) is 4.90 Å². The Kier molecular flexibility index (Phi) is 7.30. The Morgan fingerprint density at radius 2 is 1.55 bits per heavy atom. The normalized spacial score (nSPS) is 12.7. The third-order valence-corrected chi connectivity index (χ3v) is 5.63. The molecule has 0 spiro atoms. The SMILES string of the molecule is CN(C)CCSc1ccc(C=c2[nH]c(=O)c(=Cc3cccc(Br)c3)[nH]c2=O)cc1. The van der Waals surface area contributed by atoms with Gasteiger partial charge in [0, 0.05) is 21.7 Å². The van der Waals surface area contributed by atoms with Gasteiger partial charge in [-0.15, -0.1) is 11.8 Å². The van der Waals surface area contributed by atoms with Crippen molar-refractivity contribution in [2.75, 3.05) is 26.4 Å². The van der Waals surface area contributed by atoms with Crippen LogP contribution in [-0.2, 0) is 0 Å². The van der Waals surface area contributed by atoms with E-state index in [0.29, 0.717) is 0 Å². The molecular formula is C22H22BrN3O2S. The predicted molar refractivity (Wildman–Crippen MR) is 124 cm³/mol. The zero-order valence-electron chi connectivity index (χ0n) is 16.2. The van der Waals surface area contributed by atoms with Gasteiger partial charge in [-0.05, 0) is 61.6 Å². The Hall–Kier alpha value is -2.35. The van der Waals surface area contributed by atoms with Gasteiger partial charge >= 0.3 is 0 Å². The second-order valence-electron chi connectivity index (χ2n) is 6.80. The van der Waals surface area contributed by atoms with Crippen molar-refractivity contribution in [3.8, 4) is 0 Å². The molecule has 3 aromatic rings. The summed E-state index contributed by atoms with van der Waals surface area (Å²) in [6.07, 6.45) is 3.33. The maximum absolute atomic E-state index is 12.4. The summed E-state index contributed by atoms with van der Waals surface area (Å²) in [5.41, 5.74) is 0.994. The molecule has 0 amide bonds. The molecule has 5 nitrogen and oxygen atoms in total. The van der Waals surface area contributed by atoms with Crippen LogP contribution in [0, 0.1) is 0 Å². The van der Waals surface area contributed by atoms with Gasteiger partial charge in [0.2, 0.25) is 0 Å². The Morgan fingerprint density at radius 3 is 2.14 bits per heavy atom.